The molecule has 0 aliphatic heterocycles. The van der Waals surface area contributed by atoms with Crippen molar-refractivity contribution in [3.8, 4) is 0 Å². The first kappa shape index (κ1) is 22.8. The summed E-state index contributed by atoms with van der Waals surface area (Å²) in [4.78, 5) is 24.2. The van der Waals surface area contributed by atoms with Crippen LogP contribution < -0.4 is 0 Å². The molecule has 0 saturated heterocycles. The minimum absolute atomic E-state index is 0.153. The fourth-order valence-corrected chi connectivity index (χ4v) is 4.10. The quantitative estimate of drug-likeness (QED) is 0.421. The van der Waals surface area contributed by atoms with E-state index in [-0.39, 0.29) is 17.4 Å². The van der Waals surface area contributed by atoms with Gasteiger partial charge < -0.3 is 9.47 Å². The third-order valence-electron chi connectivity index (χ3n) is 6.23. The number of ether oxygens (including phenoxy) is 2. The molecule has 0 unspecified atom stereocenters. The highest BCUT2D eigenvalue weighted by molar-refractivity contribution is 5.93. The maximum atomic E-state index is 12.4. The molecule has 2 aromatic carbocycles. The summed E-state index contributed by atoms with van der Waals surface area (Å²) >= 11 is 0. The normalized spacial score (nSPS) is 16.1. The van der Waals surface area contributed by atoms with E-state index in [1.165, 1.54) is 35.6 Å². The van der Waals surface area contributed by atoms with Gasteiger partial charge in [0.25, 0.3) is 0 Å². The number of rotatable bonds is 7. The summed E-state index contributed by atoms with van der Waals surface area (Å²) in [6, 6.07) is 13.0. The first-order valence-corrected chi connectivity index (χ1v) is 10.8. The van der Waals surface area contributed by atoms with Crippen LogP contribution in [0.15, 0.2) is 55.1 Å². The van der Waals surface area contributed by atoms with Gasteiger partial charge in [-0.1, -0.05) is 58.5 Å². The van der Waals surface area contributed by atoms with Gasteiger partial charge in [-0.3, -0.25) is 0 Å². The highest BCUT2D eigenvalue weighted by atomic mass is 16.5. The highest BCUT2D eigenvalue weighted by Gasteiger charge is 2.36. The number of hydrogen-bond acceptors (Lipinski definition) is 4. The molecule has 0 N–H and O–H groups in total. The second-order valence-corrected chi connectivity index (χ2v) is 9.50. The van der Waals surface area contributed by atoms with Crippen molar-refractivity contribution < 1.29 is 19.1 Å². The van der Waals surface area contributed by atoms with Gasteiger partial charge in [-0.25, -0.2) is 9.59 Å². The van der Waals surface area contributed by atoms with Crippen molar-refractivity contribution in [3.05, 3.63) is 82.9 Å². The Balaban J connectivity index is 1.60. The largest absolute Gasteiger partial charge is 0.462 e. The molecule has 0 spiro atoms. The van der Waals surface area contributed by atoms with E-state index < -0.39 is 11.9 Å². The summed E-state index contributed by atoms with van der Waals surface area (Å²) in [5.41, 5.74) is 5.17. The average Bonchev–Trinajstić information content (AvgIpc) is 2.75. The van der Waals surface area contributed by atoms with Crippen molar-refractivity contribution in [1.29, 1.82) is 0 Å². The van der Waals surface area contributed by atoms with Gasteiger partial charge in [0.1, 0.15) is 6.61 Å². The average molecular weight is 421 g/mol. The Morgan fingerprint density at radius 3 is 2.00 bits per heavy atom. The van der Waals surface area contributed by atoms with Crippen LogP contribution in [-0.2, 0) is 26.7 Å². The molecule has 2 aromatic rings. The lowest BCUT2D eigenvalue weighted by molar-refractivity contribution is 0.0504. The van der Waals surface area contributed by atoms with Crippen LogP contribution in [0, 0.1) is 0 Å². The van der Waals surface area contributed by atoms with Crippen molar-refractivity contribution in [2.75, 3.05) is 13.2 Å². The van der Waals surface area contributed by atoms with Gasteiger partial charge in [0.2, 0.25) is 0 Å². The molecule has 1 aliphatic carbocycles. The SMILES string of the molecule is C=CCOC(=O)c1ccc(C(=O)OCCc2ccc3c(c2)C(C)(C)CCC3(C)C)cc1. The molecule has 0 saturated carbocycles. The van der Waals surface area contributed by atoms with Crippen LogP contribution in [0.2, 0.25) is 0 Å². The molecule has 0 aromatic heterocycles. The first-order valence-electron chi connectivity index (χ1n) is 10.8. The fourth-order valence-electron chi connectivity index (χ4n) is 4.10. The third-order valence-corrected chi connectivity index (χ3v) is 6.23. The van der Waals surface area contributed by atoms with E-state index in [0.29, 0.717) is 24.2 Å². The molecular formula is C27H32O4. The minimum atomic E-state index is -0.446. The van der Waals surface area contributed by atoms with Gasteiger partial charge in [0.05, 0.1) is 17.7 Å². The van der Waals surface area contributed by atoms with Crippen LogP contribution in [0.1, 0.15) is 77.9 Å². The Bertz CT molecular complexity index is 967. The molecular weight excluding hydrogens is 388 g/mol. The van der Waals surface area contributed by atoms with E-state index in [0.717, 1.165) is 0 Å². The van der Waals surface area contributed by atoms with Crippen molar-refractivity contribution in [3.63, 3.8) is 0 Å². The second kappa shape index (κ2) is 9.09. The van der Waals surface area contributed by atoms with Crippen LogP contribution in [0.4, 0.5) is 0 Å². The van der Waals surface area contributed by atoms with Crippen LogP contribution in [-0.4, -0.2) is 25.2 Å². The maximum Gasteiger partial charge on any atom is 0.338 e. The van der Waals surface area contributed by atoms with E-state index in [9.17, 15) is 9.59 Å². The number of carbonyl (C=O) groups excluding carboxylic acids is 2. The van der Waals surface area contributed by atoms with Gasteiger partial charge in [0.15, 0.2) is 0 Å². The number of carbonyl (C=O) groups is 2. The van der Waals surface area contributed by atoms with Crippen LogP contribution >= 0.6 is 0 Å². The molecule has 0 fully saturated rings. The lowest BCUT2D eigenvalue weighted by atomic mass is 9.63. The third kappa shape index (κ3) is 5.25. The van der Waals surface area contributed by atoms with Gasteiger partial charge in [-0.05, 0) is 64.6 Å². The van der Waals surface area contributed by atoms with Gasteiger partial charge in [-0.2, -0.15) is 0 Å². The number of esters is 2. The fraction of sp³-hybridized carbons (Fsp3) is 0.407. The first-order chi connectivity index (χ1) is 14.6. The Hall–Kier alpha value is -2.88. The Labute approximate surface area is 185 Å². The summed E-state index contributed by atoms with van der Waals surface area (Å²) in [6.07, 6.45) is 4.53. The van der Waals surface area contributed by atoms with Crippen molar-refractivity contribution in [1.82, 2.24) is 0 Å². The van der Waals surface area contributed by atoms with E-state index in [2.05, 4.69) is 52.5 Å². The van der Waals surface area contributed by atoms with Crippen molar-refractivity contribution in [2.24, 2.45) is 0 Å². The highest BCUT2D eigenvalue weighted by Crippen LogP contribution is 2.45. The molecule has 4 heteroatoms. The summed E-state index contributed by atoms with van der Waals surface area (Å²) in [5.74, 6) is -0.844. The molecule has 0 bridgehead atoms. The van der Waals surface area contributed by atoms with Crippen molar-refractivity contribution >= 4 is 11.9 Å². The smallest absolute Gasteiger partial charge is 0.338 e. The monoisotopic (exact) mass is 420 g/mol. The molecule has 164 valence electrons. The summed E-state index contributed by atoms with van der Waals surface area (Å²) in [7, 11) is 0. The summed E-state index contributed by atoms with van der Waals surface area (Å²) in [5, 5.41) is 0. The number of fused-ring (bicyclic) bond motifs is 1. The zero-order valence-electron chi connectivity index (χ0n) is 19.0. The molecule has 0 radical (unpaired) electrons. The van der Waals surface area contributed by atoms with E-state index in [1.807, 2.05) is 0 Å². The van der Waals surface area contributed by atoms with Crippen LogP contribution in [0.5, 0.6) is 0 Å². The minimum Gasteiger partial charge on any atom is -0.462 e. The van der Waals surface area contributed by atoms with Gasteiger partial charge >= 0.3 is 11.9 Å². The lowest BCUT2D eigenvalue weighted by Gasteiger charge is -2.42. The Morgan fingerprint density at radius 2 is 1.42 bits per heavy atom. The number of hydrogen-bond donors (Lipinski definition) is 0. The predicted molar refractivity (Wildman–Crippen MR) is 123 cm³/mol. The summed E-state index contributed by atoms with van der Waals surface area (Å²) in [6.45, 7) is 13.2. The molecule has 0 amide bonds. The Kier molecular flexibility index (Phi) is 6.68. The predicted octanol–water partition coefficient (Wildman–Crippen LogP) is 5.78. The molecule has 31 heavy (non-hydrogen) atoms. The standard InChI is InChI=1S/C27H32O4/c1-6-16-30-24(28)20-8-10-21(11-9-20)25(29)31-17-13-19-7-12-22-23(18-19)27(4,5)15-14-26(22,2)3/h6-12,18H,1,13-17H2,2-5H3. The Morgan fingerprint density at radius 1 is 0.871 bits per heavy atom. The van der Waals surface area contributed by atoms with Crippen molar-refractivity contribution in [2.45, 2.75) is 57.8 Å². The van der Waals surface area contributed by atoms with Crippen LogP contribution in [0.25, 0.3) is 0 Å². The number of benzene rings is 2. The second-order valence-electron chi connectivity index (χ2n) is 9.50. The van der Waals surface area contributed by atoms with E-state index in [1.54, 1.807) is 24.3 Å². The molecule has 0 heterocycles. The van der Waals surface area contributed by atoms with E-state index in [4.69, 9.17) is 9.47 Å². The zero-order chi connectivity index (χ0) is 22.6. The van der Waals surface area contributed by atoms with Gasteiger partial charge in [-0.15, -0.1) is 0 Å². The summed E-state index contributed by atoms with van der Waals surface area (Å²) < 4.78 is 10.5. The molecule has 3 rings (SSSR count). The zero-order valence-corrected chi connectivity index (χ0v) is 19.0. The van der Waals surface area contributed by atoms with Gasteiger partial charge in [0, 0.05) is 6.42 Å². The molecule has 0 atom stereocenters. The topological polar surface area (TPSA) is 52.6 Å². The maximum absolute atomic E-state index is 12.4. The molecule has 4 nitrogen and oxygen atoms in total. The lowest BCUT2D eigenvalue weighted by Crippen LogP contribution is -2.33. The van der Waals surface area contributed by atoms with Crippen LogP contribution in [0.3, 0.4) is 0 Å². The molecule has 1 aliphatic rings. The van der Waals surface area contributed by atoms with E-state index >= 15 is 0 Å².